The number of ether oxygens (including phenoxy) is 1. The summed E-state index contributed by atoms with van der Waals surface area (Å²) in [5.41, 5.74) is -1.34. The molecule has 0 amide bonds. The predicted molar refractivity (Wildman–Crippen MR) is 42.3 cm³/mol. The average Bonchev–Trinajstić information content (AvgIpc) is 2.20. The van der Waals surface area contributed by atoms with Crippen LogP contribution in [-0.2, 0) is 15.5 Å². The number of carbonyl (C=O) groups is 1. The van der Waals surface area contributed by atoms with Gasteiger partial charge >= 0.3 is 11.9 Å². The van der Waals surface area contributed by atoms with Gasteiger partial charge in [-0.2, -0.15) is 8.78 Å². The monoisotopic (exact) mass is 222 g/mol. The molecule has 0 saturated carbocycles. The van der Waals surface area contributed by atoms with Crippen molar-refractivity contribution in [3.63, 3.8) is 0 Å². The van der Waals surface area contributed by atoms with E-state index in [4.69, 9.17) is 0 Å². The van der Waals surface area contributed by atoms with Gasteiger partial charge in [-0.25, -0.2) is 13.6 Å². The number of alkyl halides is 2. The van der Waals surface area contributed by atoms with Crippen LogP contribution in [0.2, 0.25) is 0 Å². The van der Waals surface area contributed by atoms with Crippen molar-refractivity contribution in [3.8, 4) is 0 Å². The Morgan fingerprint density at radius 1 is 1.33 bits per heavy atom. The molecule has 0 fully saturated rings. The molecule has 0 aliphatic heterocycles. The maximum atomic E-state index is 13.1. The highest BCUT2D eigenvalue weighted by molar-refractivity contribution is 5.79. The van der Waals surface area contributed by atoms with Crippen LogP contribution in [0.4, 0.5) is 17.6 Å². The number of methoxy groups -OCH3 is 1. The molecule has 1 aromatic rings. The smallest absolute Gasteiger partial charge is 0.381 e. The Morgan fingerprint density at radius 2 is 1.93 bits per heavy atom. The highest BCUT2D eigenvalue weighted by atomic mass is 19.3. The molecule has 0 bridgehead atoms. The number of esters is 1. The van der Waals surface area contributed by atoms with Gasteiger partial charge < -0.3 is 4.74 Å². The Hall–Kier alpha value is -1.59. The van der Waals surface area contributed by atoms with E-state index < -0.39 is 29.1 Å². The van der Waals surface area contributed by atoms with Crippen LogP contribution in [0.15, 0.2) is 18.2 Å². The zero-order valence-electron chi connectivity index (χ0n) is 7.56. The van der Waals surface area contributed by atoms with Gasteiger partial charge in [-0.15, -0.1) is 0 Å². The molecule has 0 spiro atoms. The standard InChI is InChI=1S/C9H6F4O2/c1-15-8(14)9(12,13)5-3-2-4-6(10)7(5)11/h2-4H,1H3. The van der Waals surface area contributed by atoms with Crippen LogP contribution in [0.1, 0.15) is 5.56 Å². The minimum atomic E-state index is -4.19. The zero-order chi connectivity index (χ0) is 11.6. The largest absolute Gasteiger partial charge is 0.464 e. The quantitative estimate of drug-likeness (QED) is 0.566. The van der Waals surface area contributed by atoms with E-state index >= 15 is 0 Å². The number of carbonyl (C=O) groups excluding carboxylic acids is 1. The third kappa shape index (κ3) is 1.93. The van der Waals surface area contributed by atoms with Gasteiger partial charge in [0.15, 0.2) is 11.6 Å². The summed E-state index contributed by atoms with van der Waals surface area (Å²) in [4.78, 5) is 10.6. The van der Waals surface area contributed by atoms with Crippen LogP contribution in [0.3, 0.4) is 0 Å². The highest BCUT2D eigenvalue weighted by Crippen LogP contribution is 2.31. The summed E-state index contributed by atoms with van der Waals surface area (Å²) in [5.74, 6) is -9.34. The van der Waals surface area contributed by atoms with Crippen molar-refractivity contribution < 1.29 is 27.1 Å². The van der Waals surface area contributed by atoms with Gasteiger partial charge in [0.25, 0.3) is 0 Å². The van der Waals surface area contributed by atoms with Crippen molar-refractivity contribution in [1.82, 2.24) is 0 Å². The number of rotatable bonds is 2. The summed E-state index contributed by atoms with van der Waals surface area (Å²) in [6.07, 6.45) is 0. The van der Waals surface area contributed by atoms with Crippen LogP contribution < -0.4 is 0 Å². The van der Waals surface area contributed by atoms with Crippen molar-refractivity contribution in [1.29, 1.82) is 0 Å². The second kappa shape index (κ2) is 3.88. The van der Waals surface area contributed by atoms with Crippen molar-refractivity contribution >= 4 is 5.97 Å². The SMILES string of the molecule is COC(=O)C(F)(F)c1cccc(F)c1F. The zero-order valence-corrected chi connectivity index (χ0v) is 7.56. The van der Waals surface area contributed by atoms with E-state index in [1.165, 1.54) is 0 Å². The second-order valence-corrected chi connectivity index (χ2v) is 2.67. The summed E-state index contributed by atoms with van der Waals surface area (Å²) in [7, 11) is 0.730. The third-order valence-corrected chi connectivity index (χ3v) is 1.73. The molecule has 0 aliphatic rings. The first-order valence-electron chi connectivity index (χ1n) is 3.82. The fourth-order valence-corrected chi connectivity index (χ4v) is 0.984. The Bertz CT molecular complexity index is 390. The van der Waals surface area contributed by atoms with Crippen LogP contribution in [0, 0.1) is 11.6 Å². The lowest BCUT2D eigenvalue weighted by molar-refractivity contribution is -0.170. The van der Waals surface area contributed by atoms with Gasteiger partial charge in [-0.05, 0) is 12.1 Å². The number of hydrogen-bond donors (Lipinski definition) is 0. The molecule has 0 aliphatic carbocycles. The van der Waals surface area contributed by atoms with Crippen LogP contribution in [0.25, 0.3) is 0 Å². The molecule has 0 atom stereocenters. The Kier molecular flexibility index (Phi) is 2.97. The lowest BCUT2D eigenvalue weighted by Crippen LogP contribution is -2.28. The first-order valence-corrected chi connectivity index (χ1v) is 3.82. The molecule has 82 valence electrons. The maximum Gasteiger partial charge on any atom is 0.381 e. The molecule has 6 heteroatoms. The Balaban J connectivity index is 3.27. The minimum Gasteiger partial charge on any atom is -0.464 e. The molecular formula is C9H6F4O2. The summed E-state index contributed by atoms with van der Waals surface area (Å²) in [6.45, 7) is 0. The normalized spacial score (nSPS) is 11.3. The minimum absolute atomic E-state index is 0.620. The first-order chi connectivity index (χ1) is 6.91. The number of halogens is 4. The van der Waals surface area contributed by atoms with E-state index in [2.05, 4.69) is 4.74 Å². The van der Waals surface area contributed by atoms with Gasteiger partial charge in [0.05, 0.1) is 12.7 Å². The molecule has 0 heterocycles. The topological polar surface area (TPSA) is 26.3 Å². The summed E-state index contributed by atoms with van der Waals surface area (Å²) >= 11 is 0. The molecule has 0 unspecified atom stereocenters. The third-order valence-electron chi connectivity index (χ3n) is 1.73. The molecule has 2 nitrogen and oxygen atoms in total. The molecule has 0 N–H and O–H groups in total. The van der Waals surface area contributed by atoms with E-state index in [1.807, 2.05) is 0 Å². The van der Waals surface area contributed by atoms with Crippen LogP contribution in [-0.4, -0.2) is 13.1 Å². The van der Waals surface area contributed by atoms with E-state index in [-0.39, 0.29) is 0 Å². The van der Waals surface area contributed by atoms with E-state index in [0.29, 0.717) is 12.1 Å². The second-order valence-electron chi connectivity index (χ2n) is 2.67. The van der Waals surface area contributed by atoms with Gasteiger partial charge in [-0.1, -0.05) is 6.07 Å². The predicted octanol–water partition coefficient (Wildman–Crippen LogP) is 2.23. The summed E-state index contributed by atoms with van der Waals surface area (Å²) < 4.78 is 55.6. The average molecular weight is 222 g/mol. The van der Waals surface area contributed by atoms with Crippen molar-refractivity contribution in [2.75, 3.05) is 7.11 Å². The highest BCUT2D eigenvalue weighted by Gasteiger charge is 2.45. The molecule has 15 heavy (non-hydrogen) atoms. The molecular weight excluding hydrogens is 216 g/mol. The first kappa shape index (κ1) is 11.5. The van der Waals surface area contributed by atoms with Crippen molar-refractivity contribution in [2.24, 2.45) is 0 Å². The van der Waals surface area contributed by atoms with Crippen molar-refractivity contribution in [3.05, 3.63) is 35.4 Å². The van der Waals surface area contributed by atoms with E-state index in [9.17, 15) is 22.4 Å². The van der Waals surface area contributed by atoms with Crippen LogP contribution in [0.5, 0.6) is 0 Å². The van der Waals surface area contributed by atoms with Gasteiger partial charge in [-0.3, -0.25) is 0 Å². The Labute approximate surface area is 82.5 Å². The number of hydrogen-bond acceptors (Lipinski definition) is 2. The molecule has 1 rings (SSSR count). The fourth-order valence-electron chi connectivity index (χ4n) is 0.984. The molecule has 0 aromatic heterocycles. The van der Waals surface area contributed by atoms with Gasteiger partial charge in [0, 0.05) is 0 Å². The lowest BCUT2D eigenvalue weighted by Gasteiger charge is -2.14. The summed E-state index contributed by atoms with van der Waals surface area (Å²) in [5, 5.41) is 0. The molecule has 1 aromatic carbocycles. The molecule has 0 radical (unpaired) electrons. The van der Waals surface area contributed by atoms with Crippen molar-refractivity contribution in [2.45, 2.75) is 5.92 Å². The van der Waals surface area contributed by atoms with Gasteiger partial charge in [0.2, 0.25) is 0 Å². The van der Waals surface area contributed by atoms with E-state index in [0.717, 1.165) is 13.2 Å². The molecule has 0 saturated heterocycles. The van der Waals surface area contributed by atoms with Crippen LogP contribution >= 0.6 is 0 Å². The Morgan fingerprint density at radius 3 is 2.47 bits per heavy atom. The lowest BCUT2D eigenvalue weighted by atomic mass is 10.1. The van der Waals surface area contributed by atoms with E-state index in [1.54, 1.807) is 0 Å². The maximum absolute atomic E-state index is 13.1. The number of benzene rings is 1. The fraction of sp³-hybridized carbons (Fsp3) is 0.222. The summed E-state index contributed by atoms with van der Waals surface area (Å²) in [6, 6.07) is 2.17. The van der Waals surface area contributed by atoms with Gasteiger partial charge in [0.1, 0.15) is 0 Å².